The maximum Gasteiger partial charge on any atom is 0.302 e. The minimum Gasteiger partial charge on any atom is -0.497 e. The van der Waals surface area contributed by atoms with Crippen molar-refractivity contribution in [3.8, 4) is 5.75 Å². The van der Waals surface area contributed by atoms with Gasteiger partial charge in [0, 0.05) is 12.3 Å². The van der Waals surface area contributed by atoms with Crippen LogP contribution >= 0.6 is 0 Å². The monoisotopic (exact) mass is 278 g/mol. The van der Waals surface area contributed by atoms with Gasteiger partial charge in [0.25, 0.3) is 0 Å². The van der Waals surface area contributed by atoms with Crippen molar-refractivity contribution >= 4 is 5.97 Å². The molecule has 1 aliphatic rings. The van der Waals surface area contributed by atoms with E-state index in [4.69, 9.17) is 9.47 Å². The highest BCUT2D eigenvalue weighted by Gasteiger charge is 2.37. The highest BCUT2D eigenvalue weighted by Crippen LogP contribution is 2.40. The first-order valence-electron chi connectivity index (χ1n) is 7.02. The summed E-state index contributed by atoms with van der Waals surface area (Å²) in [7, 11) is 1.64. The van der Waals surface area contributed by atoms with E-state index in [1.54, 1.807) is 7.11 Å². The number of methoxy groups -OCH3 is 1. The van der Waals surface area contributed by atoms with Crippen LogP contribution in [-0.2, 0) is 14.9 Å². The van der Waals surface area contributed by atoms with Crippen LogP contribution in [0, 0.1) is 0 Å². The second-order valence-corrected chi connectivity index (χ2v) is 5.52. The van der Waals surface area contributed by atoms with Crippen LogP contribution in [0.2, 0.25) is 0 Å². The molecule has 0 amide bonds. The van der Waals surface area contributed by atoms with Gasteiger partial charge in [-0.1, -0.05) is 12.1 Å². The predicted molar refractivity (Wildman–Crippen MR) is 75.8 cm³/mol. The predicted octanol–water partition coefficient (Wildman–Crippen LogP) is 2.43. The van der Waals surface area contributed by atoms with Crippen LogP contribution in [0.15, 0.2) is 24.3 Å². The Kier molecular flexibility index (Phi) is 4.65. The van der Waals surface area contributed by atoms with Crippen LogP contribution in [0.4, 0.5) is 0 Å². The van der Waals surface area contributed by atoms with Crippen LogP contribution in [0.1, 0.15) is 38.2 Å². The molecule has 20 heavy (non-hydrogen) atoms. The summed E-state index contributed by atoms with van der Waals surface area (Å²) >= 11 is 0. The lowest BCUT2D eigenvalue weighted by Gasteiger charge is -2.38. The van der Waals surface area contributed by atoms with Crippen molar-refractivity contribution in [2.45, 2.75) is 44.1 Å². The average molecular weight is 278 g/mol. The molecule has 0 heterocycles. The fraction of sp³-hybridized carbons (Fsp3) is 0.562. The standard InChI is InChI=1S/C16H22O4/c1-12(17)20-11-16(9-7-14(18)8-10-16)13-3-5-15(19-2)6-4-13/h3-6,14,18H,7-11H2,1-2H3/t14-,16-. The number of ether oxygens (including phenoxy) is 2. The smallest absolute Gasteiger partial charge is 0.302 e. The summed E-state index contributed by atoms with van der Waals surface area (Å²) in [6.07, 6.45) is 2.90. The van der Waals surface area contributed by atoms with E-state index >= 15 is 0 Å². The highest BCUT2D eigenvalue weighted by atomic mass is 16.5. The molecule has 0 atom stereocenters. The summed E-state index contributed by atoms with van der Waals surface area (Å²) < 4.78 is 10.5. The Bertz CT molecular complexity index is 444. The van der Waals surface area contributed by atoms with E-state index < -0.39 is 0 Å². The molecule has 1 aromatic carbocycles. The SMILES string of the molecule is COc1ccc([C@]2(COC(C)=O)CC[C@@H](O)CC2)cc1. The van der Waals surface area contributed by atoms with Crippen LogP contribution < -0.4 is 4.74 Å². The zero-order chi connectivity index (χ0) is 14.6. The molecule has 1 aromatic rings. The van der Waals surface area contributed by atoms with E-state index in [0.29, 0.717) is 6.61 Å². The molecule has 0 unspecified atom stereocenters. The van der Waals surface area contributed by atoms with Gasteiger partial charge in [-0.15, -0.1) is 0 Å². The summed E-state index contributed by atoms with van der Waals surface area (Å²) in [5.41, 5.74) is 0.961. The van der Waals surface area contributed by atoms with E-state index in [0.717, 1.165) is 37.0 Å². The molecule has 4 heteroatoms. The molecule has 0 spiro atoms. The number of aliphatic hydroxyl groups is 1. The van der Waals surface area contributed by atoms with Gasteiger partial charge in [0.1, 0.15) is 12.4 Å². The molecular weight excluding hydrogens is 256 g/mol. The van der Waals surface area contributed by atoms with Crippen LogP contribution in [0.25, 0.3) is 0 Å². The van der Waals surface area contributed by atoms with Crippen molar-refractivity contribution < 1.29 is 19.4 Å². The number of aliphatic hydroxyl groups excluding tert-OH is 1. The van der Waals surface area contributed by atoms with E-state index in [9.17, 15) is 9.90 Å². The third-order valence-electron chi connectivity index (χ3n) is 4.17. The van der Waals surface area contributed by atoms with Crippen LogP contribution in [0.5, 0.6) is 5.75 Å². The number of esters is 1. The fourth-order valence-electron chi connectivity index (χ4n) is 2.86. The quantitative estimate of drug-likeness (QED) is 0.859. The van der Waals surface area contributed by atoms with E-state index in [2.05, 4.69) is 0 Å². The minimum absolute atomic E-state index is 0.183. The van der Waals surface area contributed by atoms with Crippen molar-refractivity contribution in [3.63, 3.8) is 0 Å². The maximum atomic E-state index is 11.1. The topological polar surface area (TPSA) is 55.8 Å². The van der Waals surface area contributed by atoms with Gasteiger partial charge in [-0.3, -0.25) is 4.79 Å². The first-order valence-corrected chi connectivity index (χ1v) is 7.02. The molecule has 1 fully saturated rings. The fourth-order valence-corrected chi connectivity index (χ4v) is 2.86. The molecule has 1 saturated carbocycles. The lowest BCUT2D eigenvalue weighted by Crippen LogP contribution is -2.38. The number of benzene rings is 1. The molecule has 1 N–H and O–H groups in total. The lowest BCUT2D eigenvalue weighted by atomic mass is 9.69. The normalized spacial score (nSPS) is 26.1. The van der Waals surface area contributed by atoms with Crippen molar-refractivity contribution in [2.24, 2.45) is 0 Å². The van der Waals surface area contributed by atoms with Crippen molar-refractivity contribution in [3.05, 3.63) is 29.8 Å². The number of carbonyl (C=O) groups is 1. The van der Waals surface area contributed by atoms with Gasteiger partial charge in [0.05, 0.1) is 13.2 Å². The third-order valence-corrected chi connectivity index (χ3v) is 4.17. The van der Waals surface area contributed by atoms with Crippen molar-refractivity contribution in [2.75, 3.05) is 13.7 Å². The summed E-state index contributed by atoms with van der Waals surface area (Å²) in [6, 6.07) is 7.91. The number of hydrogen-bond donors (Lipinski definition) is 1. The zero-order valence-electron chi connectivity index (χ0n) is 12.1. The Morgan fingerprint density at radius 1 is 1.30 bits per heavy atom. The molecule has 1 aliphatic carbocycles. The van der Waals surface area contributed by atoms with E-state index in [1.165, 1.54) is 6.92 Å². The Balaban J connectivity index is 2.22. The van der Waals surface area contributed by atoms with Crippen molar-refractivity contribution in [1.29, 1.82) is 0 Å². The largest absolute Gasteiger partial charge is 0.497 e. The Hall–Kier alpha value is -1.55. The number of carbonyl (C=O) groups excluding carboxylic acids is 1. The van der Waals surface area contributed by atoms with E-state index in [1.807, 2.05) is 24.3 Å². The summed E-state index contributed by atoms with van der Waals surface area (Å²) in [5, 5.41) is 9.72. The molecule has 4 nitrogen and oxygen atoms in total. The summed E-state index contributed by atoms with van der Waals surface area (Å²) in [4.78, 5) is 11.1. The minimum atomic E-state index is -0.260. The molecular formula is C16H22O4. The van der Waals surface area contributed by atoms with Gasteiger partial charge >= 0.3 is 5.97 Å². The Labute approximate surface area is 119 Å². The van der Waals surface area contributed by atoms with Gasteiger partial charge in [-0.2, -0.15) is 0 Å². The zero-order valence-corrected chi connectivity index (χ0v) is 12.1. The van der Waals surface area contributed by atoms with Gasteiger partial charge in [0.15, 0.2) is 0 Å². The number of hydrogen-bond acceptors (Lipinski definition) is 4. The van der Waals surface area contributed by atoms with Crippen molar-refractivity contribution in [1.82, 2.24) is 0 Å². The Morgan fingerprint density at radius 3 is 2.40 bits per heavy atom. The highest BCUT2D eigenvalue weighted by molar-refractivity contribution is 5.66. The molecule has 0 radical (unpaired) electrons. The lowest BCUT2D eigenvalue weighted by molar-refractivity contribution is -0.143. The molecule has 0 bridgehead atoms. The number of rotatable bonds is 4. The first kappa shape index (κ1) is 14.9. The van der Waals surface area contributed by atoms with Gasteiger partial charge in [-0.25, -0.2) is 0 Å². The van der Waals surface area contributed by atoms with Gasteiger partial charge in [-0.05, 0) is 43.4 Å². The second kappa shape index (κ2) is 6.27. The van der Waals surface area contributed by atoms with Gasteiger partial charge in [0.2, 0.25) is 0 Å². The third kappa shape index (κ3) is 3.31. The molecule has 0 aromatic heterocycles. The van der Waals surface area contributed by atoms with Crippen LogP contribution in [0.3, 0.4) is 0 Å². The summed E-state index contributed by atoms with van der Waals surface area (Å²) in [6.45, 7) is 1.81. The van der Waals surface area contributed by atoms with Crippen LogP contribution in [-0.4, -0.2) is 30.9 Å². The average Bonchev–Trinajstić information content (AvgIpc) is 2.47. The summed E-state index contributed by atoms with van der Waals surface area (Å²) in [5.74, 6) is 0.552. The second-order valence-electron chi connectivity index (χ2n) is 5.52. The van der Waals surface area contributed by atoms with E-state index in [-0.39, 0.29) is 17.5 Å². The Morgan fingerprint density at radius 2 is 1.90 bits per heavy atom. The molecule has 0 aliphatic heterocycles. The van der Waals surface area contributed by atoms with Gasteiger partial charge < -0.3 is 14.6 Å². The maximum absolute atomic E-state index is 11.1. The first-order chi connectivity index (χ1) is 9.55. The molecule has 110 valence electrons. The molecule has 2 rings (SSSR count). The molecule has 0 saturated heterocycles.